The molecule has 0 aliphatic heterocycles. The maximum absolute atomic E-state index is 13.4. The van der Waals surface area contributed by atoms with Crippen LogP contribution in [0.5, 0.6) is 0 Å². The van der Waals surface area contributed by atoms with Crippen LogP contribution in [0.2, 0.25) is 0 Å². The first-order chi connectivity index (χ1) is 14.1. The smallest absolute Gasteiger partial charge is 0.283 e. The number of carbonyl (C=O) groups excluding carboxylic acids is 1. The third-order valence-corrected chi connectivity index (χ3v) is 5.29. The maximum atomic E-state index is 13.4. The van der Waals surface area contributed by atoms with Gasteiger partial charge < -0.3 is 18.7 Å². The van der Waals surface area contributed by atoms with Crippen LogP contribution in [0.15, 0.2) is 51.5 Å². The van der Waals surface area contributed by atoms with Gasteiger partial charge in [0, 0.05) is 16.6 Å². The number of aromatic nitrogens is 3. The second kappa shape index (κ2) is 8.05. The van der Waals surface area contributed by atoms with Crippen molar-refractivity contribution in [3.63, 3.8) is 0 Å². The van der Waals surface area contributed by atoms with Crippen LogP contribution in [0.1, 0.15) is 42.2 Å². The van der Waals surface area contributed by atoms with Crippen LogP contribution < -0.4 is 4.90 Å². The fourth-order valence-electron chi connectivity index (χ4n) is 3.79. The Labute approximate surface area is 168 Å². The molecule has 4 aromatic rings. The van der Waals surface area contributed by atoms with Gasteiger partial charge in [-0.2, -0.15) is 0 Å². The van der Waals surface area contributed by atoms with Gasteiger partial charge in [0.2, 0.25) is 5.78 Å². The van der Waals surface area contributed by atoms with Gasteiger partial charge in [0.25, 0.3) is 11.8 Å². The number of quaternary nitrogens is 1. The van der Waals surface area contributed by atoms with Crippen molar-refractivity contribution in [3.05, 3.63) is 59.8 Å². The lowest BCUT2D eigenvalue weighted by atomic mass is 10.0. The van der Waals surface area contributed by atoms with Crippen molar-refractivity contribution < 1.29 is 18.5 Å². The van der Waals surface area contributed by atoms with Crippen molar-refractivity contribution in [2.75, 3.05) is 6.54 Å². The van der Waals surface area contributed by atoms with Gasteiger partial charge in [0.15, 0.2) is 12.3 Å². The summed E-state index contributed by atoms with van der Waals surface area (Å²) in [6.45, 7) is 7.34. The van der Waals surface area contributed by atoms with Gasteiger partial charge in [-0.25, -0.2) is 0 Å². The molecule has 4 rings (SSSR count). The quantitative estimate of drug-likeness (QED) is 0.449. The summed E-state index contributed by atoms with van der Waals surface area (Å²) in [7, 11) is 0. The molecule has 0 amide bonds. The van der Waals surface area contributed by atoms with Crippen molar-refractivity contribution >= 4 is 16.7 Å². The highest BCUT2D eigenvalue weighted by Crippen LogP contribution is 2.23. The molecule has 1 aromatic carbocycles. The van der Waals surface area contributed by atoms with E-state index in [1.54, 1.807) is 18.4 Å². The molecule has 0 fully saturated rings. The van der Waals surface area contributed by atoms with Crippen LogP contribution in [0.4, 0.5) is 0 Å². The number of carbonyl (C=O) groups is 1. The fraction of sp³-hybridized carbons (Fsp3) is 0.318. The highest BCUT2D eigenvalue weighted by Gasteiger charge is 2.30. The van der Waals surface area contributed by atoms with E-state index in [1.807, 2.05) is 38.1 Å². The summed E-state index contributed by atoms with van der Waals surface area (Å²) in [4.78, 5) is 17.8. The first kappa shape index (κ1) is 19.1. The average molecular weight is 393 g/mol. The number of fused-ring (bicyclic) bond motifs is 1. The van der Waals surface area contributed by atoms with Crippen LogP contribution in [0.25, 0.3) is 22.6 Å². The zero-order valence-corrected chi connectivity index (χ0v) is 16.9. The number of ketones is 1. The Morgan fingerprint density at radius 3 is 2.79 bits per heavy atom. The zero-order valence-electron chi connectivity index (χ0n) is 16.9. The van der Waals surface area contributed by atoms with Crippen LogP contribution in [0.3, 0.4) is 0 Å². The first-order valence-electron chi connectivity index (χ1n) is 9.90. The van der Waals surface area contributed by atoms with E-state index >= 15 is 0 Å². The molecular formula is C22H25N4O3+. The van der Waals surface area contributed by atoms with Gasteiger partial charge in [-0.15, -0.1) is 10.2 Å². The van der Waals surface area contributed by atoms with Gasteiger partial charge in [-0.05, 0) is 38.5 Å². The number of H-pyrrole nitrogens is 1. The molecule has 2 atom stereocenters. The summed E-state index contributed by atoms with van der Waals surface area (Å²) in [6.07, 6.45) is 2.51. The van der Waals surface area contributed by atoms with Crippen molar-refractivity contribution in [2.24, 2.45) is 0 Å². The fourth-order valence-corrected chi connectivity index (χ4v) is 3.79. The SMILES string of the molecule is CCC[NH+](Cc1nnc(-c2ccco2)o1)[C@@H](C)C(=O)c1c(C)[nH]c2ccccc12. The van der Waals surface area contributed by atoms with Gasteiger partial charge >= 0.3 is 0 Å². The maximum Gasteiger partial charge on any atom is 0.283 e. The number of aromatic amines is 1. The van der Waals surface area contributed by atoms with E-state index in [4.69, 9.17) is 8.83 Å². The summed E-state index contributed by atoms with van der Waals surface area (Å²) in [5.41, 5.74) is 2.65. The largest absolute Gasteiger partial charge is 0.459 e. The topological polar surface area (TPSA) is 89.4 Å². The number of furan rings is 1. The Kier molecular flexibility index (Phi) is 5.31. The Hall–Kier alpha value is -3.19. The lowest BCUT2D eigenvalue weighted by Gasteiger charge is -2.23. The van der Waals surface area contributed by atoms with Crippen molar-refractivity contribution in [2.45, 2.75) is 39.8 Å². The predicted octanol–water partition coefficient (Wildman–Crippen LogP) is 3.19. The number of rotatable bonds is 8. The van der Waals surface area contributed by atoms with Gasteiger partial charge in [0.1, 0.15) is 6.04 Å². The molecule has 3 heterocycles. The van der Waals surface area contributed by atoms with E-state index in [0.717, 1.165) is 40.0 Å². The second-order valence-electron chi connectivity index (χ2n) is 7.32. The summed E-state index contributed by atoms with van der Waals surface area (Å²) in [5, 5.41) is 9.19. The second-order valence-corrected chi connectivity index (χ2v) is 7.32. The highest BCUT2D eigenvalue weighted by atomic mass is 16.4. The molecule has 0 aliphatic rings. The van der Waals surface area contributed by atoms with Crippen molar-refractivity contribution in [1.82, 2.24) is 15.2 Å². The van der Waals surface area contributed by atoms with Crippen LogP contribution >= 0.6 is 0 Å². The van der Waals surface area contributed by atoms with E-state index in [1.165, 1.54) is 0 Å². The zero-order chi connectivity index (χ0) is 20.4. The summed E-state index contributed by atoms with van der Waals surface area (Å²) < 4.78 is 11.1. The lowest BCUT2D eigenvalue weighted by Crippen LogP contribution is -3.15. The summed E-state index contributed by atoms with van der Waals surface area (Å²) >= 11 is 0. The molecule has 1 unspecified atom stereocenters. The Bertz CT molecular complexity index is 1110. The molecule has 0 aliphatic carbocycles. The van der Waals surface area contributed by atoms with E-state index in [9.17, 15) is 4.79 Å². The molecule has 29 heavy (non-hydrogen) atoms. The lowest BCUT2D eigenvalue weighted by molar-refractivity contribution is -0.928. The third-order valence-electron chi connectivity index (χ3n) is 5.29. The molecule has 0 radical (unpaired) electrons. The summed E-state index contributed by atoms with van der Waals surface area (Å²) in [6, 6.07) is 11.2. The number of benzene rings is 1. The van der Waals surface area contributed by atoms with Crippen LogP contribution in [-0.4, -0.2) is 33.6 Å². The van der Waals surface area contributed by atoms with Gasteiger partial charge in [-0.1, -0.05) is 25.1 Å². The molecule has 0 spiro atoms. The minimum Gasteiger partial charge on any atom is -0.459 e. The number of nitrogens with zero attached hydrogens (tertiary/aromatic N) is 2. The number of hydrogen-bond acceptors (Lipinski definition) is 5. The van der Waals surface area contributed by atoms with E-state index in [0.29, 0.717) is 24.1 Å². The molecule has 0 saturated heterocycles. The monoisotopic (exact) mass is 393 g/mol. The standard InChI is InChI=1S/C22H24N4O3/c1-4-11-26(13-19-24-25-22(29-19)18-10-7-12-28-18)15(3)21(27)20-14(2)23-17-9-6-5-8-16(17)20/h5-10,12,15,23H,4,11,13H2,1-3H3/p+1/t15-/m0/s1. The summed E-state index contributed by atoms with van der Waals surface area (Å²) in [5.74, 6) is 1.51. The van der Waals surface area contributed by atoms with Gasteiger partial charge in [-0.3, -0.25) is 4.79 Å². The minimum absolute atomic E-state index is 0.120. The molecular weight excluding hydrogens is 368 g/mol. The number of hydrogen-bond donors (Lipinski definition) is 2. The van der Waals surface area contributed by atoms with E-state index < -0.39 is 0 Å². The average Bonchev–Trinajstić information content (AvgIpc) is 3.45. The molecule has 3 aromatic heterocycles. The first-order valence-corrected chi connectivity index (χ1v) is 9.90. The Morgan fingerprint density at radius 1 is 1.21 bits per heavy atom. The van der Waals surface area contributed by atoms with Crippen molar-refractivity contribution in [1.29, 1.82) is 0 Å². The Morgan fingerprint density at radius 2 is 2.03 bits per heavy atom. The molecule has 2 N–H and O–H groups in total. The number of aryl methyl sites for hydroxylation is 1. The molecule has 150 valence electrons. The number of para-hydroxylation sites is 1. The van der Waals surface area contributed by atoms with Crippen molar-refractivity contribution in [3.8, 4) is 11.7 Å². The van der Waals surface area contributed by atoms with Crippen LogP contribution in [0, 0.1) is 6.92 Å². The predicted molar refractivity (Wildman–Crippen MR) is 109 cm³/mol. The molecule has 7 nitrogen and oxygen atoms in total. The molecule has 0 bridgehead atoms. The number of nitrogens with one attached hydrogen (secondary N) is 2. The minimum atomic E-state index is -0.244. The molecule has 7 heteroatoms. The molecule has 0 saturated carbocycles. The van der Waals surface area contributed by atoms with Crippen LogP contribution in [-0.2, 0) is 6.54 Å². The van der Waals surface area contributed by atoms with E-state index in [2.05, 4.69) is 22.1 Å². The Balaban J connectivity index is 1.58. The number of Topliss-reactive ketones (excluding diaryl/α,β-unsaturated/α-hetero) is 1. The van der Waals surface area contributed by atoms with Gasteiger partial charge in [0.05, 0.1) is 18.4 Å². The highest BCUT2D eigenvalue weighted by molar-refractivity contribution is 6.10. The van der Waals surface area contributed by atoms with E-state index in [-0.39, 0.29) is 11.8 Å². The normalized spacial score (nSPS) is 13.6. The third kappa shape index (κ3) is 3.73.